The summed E-state index contributed by atoms with van der Waals surface area (Å²) in [4.78, 5) is 38.6. The minimum atomic E-state index is -0.206. The van der Waals surface area contributed by atoms with Crippen LogP contribution in [0.15, 0.2) is 47.4 Å². The smallest absolute Gasteiger partial charge is 0.278 e. The van der Waals surface area contributed by atoms with Gasteiger partial charge in [0.25, 0.3) is 5.56 Å². The van der Waals surface area contributed by atoms with E-state index in [-0.39, 0.29) is 17.4 Å². The van der Waals surface area contributed by atoms with Crippen molar-refractivity contribution in [3.05, 3.63) is 69.8 Å². The summed E-state index contributed by atoms with van der Waals surface area (Å²) in [7, 11) is 0. The van der Waals surface area contributed by atoms with Gasteiger partial charge in [-0.05, 0) is 62.2 Å². The molecule has 0 amide bonds. The van der Waals surface area contributed by atoms with Crippen LogP contribution in [0.3, 0.4) is 0 Å². The Kier molecular flexibility index (Phi) is 5.26. The van der Waals surface area contributed by atoms with Crippen molar-refractivity contribution in [3.63, 3.8) is 0 Å². The highest BCUT2D eigenvalue weighted by Gasteiger charge is 2.20. The highest BCUT2D eigenvalue weighted by Crippen LogP contribution is 2.23. The van der Waals surface area contributed by atoms with Crippen LogP contribution in [-0.2, 0) is 13.0 Å². The van der Waals surface area contributed by atoms with Crippen LogP contribution >= 0.6 is 0 Å². The second-order valence-electron chi connectivity index (χ2n) is 8.46. The molecular weight excluding hydrogens is 418 g/mol. The van der Waals surface area contributed by atoms with Crippen LogP contribution in [0.25, 0.3) is 16.9 Å². The summed E-state index contributed by atoms with van der Waals surface area (Å²) < 4.78 is 3.25. The van der Waals surface area contributed by atoms with Gasteiger partial charge in [-0.25, -0.2) is 19.3 Å². The van der Waals surface area contributed by atoms with Crippen molar-refractivity contribution >= 4 is 28.5 Å². The molecule has 4 heterocycles. The number of pyridine rings is 1. The number of ketones is 1. The Bertz CT molecular complexity index is 1430. The van der Waals surface area contributed by atoms with Crippen molar-refractivity contribution in [1.82, 2.24) is 29.6 Å². The van der Waals surface area contributed by atoms with Crippen LogP contribution in [-0.4, -0.2) is 36.6 Å². The second kappa shape index (κ2) is 8.25. The average Bonchev–Trinajstić information content (AvgIpc) is 3.11. The summed E-state index contributed by atoms with van der Waals surface area (Å²) in [6.07, 6.45) is 2.51. The summed E-state index contributed by atoms with van der Waals surface area (Å²) in [5.41, 5.74) is 4.04. The first-order valence-corrected chi connectivity index (χ1v) is 11.0. The van der Waals surface area contributed by atoms with Crippen LogP contribution in [0, 0.1) is 0 Å². The number of nitrogens with one attached hydrogen (secondary N) is 2. The van der Waals surface area contributed by atoms with Crippen LogP contribution in [0.4, 0.5) is 11.6 Å². The number of rotatable bonds is 5. The van der Waals surface area contributed by atoms with Gasteiger partial charge in [0.05, 0.1) is 0 Å². The maximum absolute atomic E-state index is 13.2. The van der Waals surface area contributed by atoms with Gasteiger partial charge in [-0.2, -0.15) is 4.98 Å². The molecule has 4 aromatic rings. The van der Waals surface area contributed by atoms with Crippen LogP contribution in [0.1, 0.15) is 48.4 Å². The van der Waals surface area contributed by atoms with Crippen LogP contribution in [0.2, 0.25) is 0 Å². The topological polar surface area (TPSA) is 107 Å². The summed E-state index contributed by atoms with van der Waals surface area (Å²) in [5.74, 6) is 0.689. The van der Waals surface area contributed by atoms with Gasteiger partial charge >= 0.3 is 0 Å². The maximum Gasteiger partial charge on any atom is 0.278 e. The number of Topliss-reactive ketones (excluding diaryl/α,β-unsaturated/α-hetero) is 1. The van der Waals surface area contributed by atoms with E-state index in [1.54, 1.807) is 33.8 Å². The fourth-order valence-corrected chi connectivity index (χ4v) is 4.17. The van der Waals surface area contributed by atoms with E-state index in [9.17, 15) is 9.59 Å². The fraction of sp³-hybridized carbons (Fsp3) is 0.292. The largest absolute Gasteiger partial charge is 0.324 e. The lowest BCUT2D eigenvalue weighted by Gasteiger charge is -2.18. The summed E-state index contributed by atoms with van der Waals surface area (Å²) >= 11 is 0. The molecule has 168 valence electrons. The number of fused-ring (bicyclic) bond motifs is 2. The Morgan fingerprint density at radius 2 is 2.00 bits per heavy atom. The SMILES string of the molecule is CC(=O)c1cccc(-n2c3nc(Nc4ccc5c(c4)CCNC5)ncc3c(=O)n2C(C)C)n1. The first-order chi connectivity index (χ1) is 15.9. The number of hydrogen-bond acceptors (Lipinski definition) is 7. The molecule has 0 bridgehead atoms. The van der Waals surface area contributed by atoms with E-state index in [4.69, 9.17) is 0 Å². The van der Waals surface area contributed by atoms with Gasteiger partial charge in [-0.1, -0.05) is 12.1 Å². The highest BCUT2D eigenvalue weighted by atomic mass is 16.1. The van der Waals surface area contributed by atoms with E-state index >= 15 is 0 Å². The van der Waals surface area contributed by atoms with E-state index in [1.807, 2.05) is 19.9 Å². The second-order valence-corrected chi connectivity index (χ2v) is 8.46. The number of carbonyl (C=O) groups excluding carboxylic acids is 1. The third-order valence-electron chi connectivity index (χ3n) is 5.77. The molecule has 2 N–H and O–H groups in total. The van der Waals surface area contributed by atoms with E-state index in [0.29, 0.717) is 28.5 Å². The third-order valence-corrected chi connectivity index (χ3v) is 5.77. The quantitative estimate of drug-likeness (QED) is 0.456. The Labute approximate surface area is 190 Å². The number of aromatic nitrogens is 5. The minimum Gasteiger partial charge on any atom is -0.324 e. The molecule has 0 aliphatic carbocycles. The molecule has 33 heavy (non-hydrogen) atoms. The summed E-state index contributed by atoms with van der Waals surface area (Å²) in [6, 6.07) is 11.2. The summed E-state index contributed by atoms with van der Waals surface area (Å²) in [6.45, 7) is 7.13. The van der Waals surface area contributed by atoms with E-state index < -0.39 is 0 Å². The van der Waals surface area contributed by atoms with Gasteiger partial charge < -0.3 is 10.6 Å². The zero-order chi connectivity index (χ0) is 23.1. The molecule has 1 aromatic carbocycles. The number of carbonyl (C=O) groups is 1. The highest BCUT2D eigenvalue weighted by molar-refractivity contribution is 5.92. The average molecular weight is 444 g/mol. The molecule has 9 nitrogen and oxygen atoms in total. The van der Waals surface area contributed by atoms with E-state index in [2.05, 4.69) is 37.7 Å². The molecule has 0 atom stereocenters. The zero-order valence-electron chi connectivity index (χ0n) is 18.8. The maximum atomic E-state index is 13.2. The molecule has 0 radical (unpaired) electrons. The molecule has 1 aliphatic rings. The molecule has 3 aromatic heterocycles. The normalized spacial score (nSPS) is 13.3. The molecule has 9 heteroatoms. The van der Waals surface area contributed by atoms with Crippen molar-refractivity contribution in [2.45, 2.75) is 39.8 Å². The van der Waals surface area contributed by atoms with Crippen molar-refractivity contribution in [3.8, 4) is 5.82 Å². The van der Waals surface area contributed by atoms with Gasteiger partial charge in [-0.15, -0.1) is 0 Å². The predicted octanol–water partition coefficient (Wildman–Crippen LogP) is 3.15. The first kappa shape index (κ1) is 21.0. The van der Waals surface area contributed by atoms with E-state index in [1.165, 1.54) is 18.1 Å². The lowest BCUT2D eigenvalue weighted by molar-refractivity contribution is 0.101. The lowest BCUT2D eigenvalue weighted by atomic mass is 10.0. The van der Waals surface area contributed by atoms with Gasteiger partial charge in [0.1, 0.15) is 11.1 Å². The van der Waals surface area contributed by atoms with Gasteiger partial charge in [0.2, 0.25) is 5.95 Å². The molecule has 5 rings (SSSR count). The number of nitrogens with zero attached hydrogens (tertiary/aromatic N) is 5. The van der Waals surface area contributed by atoms with Crippen molar-refractivity contribution in [1.29, 1.82) is 0 Å². The molecule has 0 saturated heterocycles. The predicted molar refractivity (Wildman–Crippen MR) is 126 cm³/mol. The van der Waals surface area contributed by atoms with Crippen LogP contribution < -0.4 is 16.2 Å². The third kappa shape index (κ3) is 3.80. The first-order valence-electron chi connectivity index (χ1n) is 11.0. The Morgan fingerprint density at radius 1 is 1.15 bits per heavy atom. The molecule has 0 saturated carbocycles. The zero-order valence-corrected chi connectivity index (χ0v) is 18.8. The summed E-state index contributed by atoms with van der Waals surface area (Å²) in [5, 5.41) is 7.03. The monoisotopic (exact) mass is 443 g/mol. The van der Waals surface area contributed by atoms with Crippen molar-refractivity contribution in [2.24, 2.45) is 0 Å². The number of benzene rings is 1. The van der Waals surface area contributed by atoms with Gasteiger partial charge in [0, 0.05) is 31.4 Å². The fourth-order valence-electron chi connectivity index (χ4n) is 4.17. The molecule has 0 fully saturated rings. The minimum absolute atomic E-state index is 0.147. The van der Waals surface area contributed by atoms with Crippen molar-refractivity contribution in [2.75, 3.05) is 11.9 Å². The van der Waals surface area contributed by atoms with E-state index in [0.717, 1.165) is 25.2 Å². The lowest BCUT2D eigenvalue weighted by Crippen LogP contribution is -2.24. The Hall–Kier alpha value is -3.85. The standard InChI is InChI=1S/C24H25N7O2/c1-14(2)30-23(33)19-13-26-24(27-18-8-7-17-12-25-10-9-16(17)11-18)29-22(19)31(30)21-6-4-5-20(28-21)15(3)32/h4-8,11,13-14,25H,9-10,12H2,1-3H3,(H,26,27,29). The van der Waals surface area contributed by atoms with Gasteiger partial charge in [-0.3, -0.25) is 9.59 Å². The van der Waals surface area contributed by atoms with Crippen molar-refractivity contribution < 1.29 is 4.79 Å². The molecule has 0 spiro atoms. The number of hydrogen-bond donors (Lipinski definition) is 2. The molecule has 1 aliphatic heterocycles. The molecule has 0 unspecified atom stereocenters. The molecular formula is C24H25N7O2. The Morgan fingerprint density at radius 3 is 2.79 bits per heavy atom. The Balaban J connectivity index is 1.63. The van der Waals surface area contributed by atoms with Crippen LogP contribution in [0.5, 0.6) is 0 Å². The van der Waals surface area contributed by atoms with Gasteiger partial charge in [0.15, 0.2) is 17.2 Å². The number of anilines is 2.